The predicted molar refractivity (Wildman–Crippen MR) is 65.4 cm³/mol. The number of carbonyl (C=O) groups is 1. The highest BCUT2D eigenvalue weighted by Gasteiger charge is 2.22. The molecule has 0 bridgehead atoms. The summed E-state index contributed by atoms with van der Waals surface area (Å²) in [7, 11) is -3.80. The monoisotopic (exact) mass is 272 g/mol. The van der Waals surface area contributed by atoms with Gasteiger partial charge in [0.15, 0.2) is 0 Å². The van der Waals surface area contributed by atoms with Gasteiger partial charge in [0.25, 0.3) is 0 Å². The lowest BCUT2D eigenvalue weighted by atomic mass is 9.94. The van der Waals surface area contributed by atoms with Crippen LogP contribution in [-0.4, -0.2) is 24.5 Å². The van der Waals surface area contributed by atoms with Gasteiger partial charge in [-0.3, -0.25) is 9.78 Å². The van der Waals surface area contributed by atoms with Crippen LogP contribution in [0.25, 0.3) is 0 Å². The summed E-state index contributed by atoms with van der Waals surface area (Å²) in [6.45, 7) is 3.82. The van der Waals surface area contributed by atoms with Crippen molar-refractivity contribution in [3.05, 3.63) is 24.0 Å². The summed E-state index contributed by atoms with van der Waals surface area (Å²) in [6.07, 6.45) is 1.53. The fraction of sp³-hybridized carbons (Fsp3) is 0.455. The predicted octanol–water partition coefficient (Wildman–Crippen LogP) is 0.943. The van der Waals surface area contributed by atoms with Crippen LogP contribution in [0.15, 0.2) is 23.2 Å². The minimum atomic E-state index is -3.80. The van der Waals surface area contributed by atoms with E-state index in [4.69, 9.17) is 10.2 Å². The van der Waals surface area contributed by atoms with Gasteiger partial charge in [-0.15, -0.1) is 0 Å². The van der Waals surface area contributed by atoms with Gasteiger partial charge < -0.3 is 5.11 Å². The Morgan fingerprint density at radius 1 is 1.44 bits per heavy atom. The van der Waals surface area contributed by atoms with Crippen molar-refractivity contribution in [2.45, 2.75) is 31.1 Å². The molecular formula is C11H16N2O4S. The number of sulfonamides is 1. The number of aromatic nitrogens is 1. The number of primary sulfonamides is 1. The number of nitrogens with two attached hydrogens (primary N) is 1. The van der Waals surface area contributed by atoms with E-state index in [1.807, 2.05) is 13.8 Å². The fourth-order valence-corrected chi connectivity index (χ4v) is 2.04. The molecule has 0 aliphatic carbocycles. The molecule has 7 heteroatoms. The molecule has 0 aliphatic rings. The molecule has 0 aromatic carbocycles. The van der Waals surface area contributed by atoms with Crippen molar-refractivity contribution >= 4 is 16.0 Å². The molecule has 0 aliphatic heterocycles. The van der Waals surface area contributed by atoms with Gasteiger partial charge in [-0.25, -0.2) is 13.6 Å². The topological polar surface area (TPSA) is 110 Å². The van der Waals surface area contributed by atoms with E-state index in [0.717, 1.165) is 6.20 Å². The third-order valence-corrected chi connectivity index (χ3v) is 3.35. The first-order chi connectivity index (χ1) is 8.21. The Kier molecular flexibility index (Phi) is 4.42. The summed E-state index contributed by atoms with van der Waals surface area (Å²) in [5.41, 5.74) is 0.337. The Hall–Kier alpha value is -1.47. The van der Waals surface area contributed by atoms with Crippen LogP contribution < -0.4 is 5.14 Å². The van der Waals surface area contributed by atoms with Gasteiger partial charge in [0, 0.05) is 6.20 Å². The van der Waals surface area contributed by atoms with Crippen LogP contribution >= 0.6 is 0 Å². The number of carboxylic acid groups (broad SMARTS) is 1. The molecule has 18 heavy (non-hydrogen) atoms. The maximum atomic E-state index is 11.1. The van der Waals surface area contributed by atoms with Crippen molar-refractivity contribution in [2.75, 3.05) is 0 Å². The van der Waals surface area contributed by atoms with E-state index in [2.05, 4.69) is 4.98 Å². The van der Waals surface area contributed by atoms with E-state index in [0.29, 0.717) is 12.1 Å². The highest BCUT2D eigenvalue weighted by Crippen LogP contribution is 2.23. The van der Waals surface area contributed by atoms with Gasteiger partial charge >= 0.3 is 5.97 Å². The molecule has 1 heterocycles. The smallest absolute Gasteiger partial charge is 0.312 e. The van der Waals surface area contributed by atoms with Gasteiger partial charge in [-0.2, -0.15) is 0 Å². The van der Waals surface area contributed by atoms with Gasteiger partial charge in [-0.05, 0) is 24.5 Å². The number of hydrogen-bond donors (Lipinski definition) is 2. The number of carboxylic acids is 1. The summed E-state index contributed by atoms with van der Waals surface area (Å²) in [6, 6.07) is 2.66. The summed E-state index contributed by atoms with van der Waals surface area (Å²) in [5.74, 6) is -1.51. The lowest BCUT2D eigenvalue weighted by Gasteiger charge is -2.14. The van der Waals surface area contributed by atoms with Crippen molar-refractivity contribution in [3.8, 4) is 0 Å². The molecule has 1 aromatic heterocycles. The minimum absolute atomic E-state index is 0.125. The second-order valence-electron chi connectivity index (χ2n) is 4.48. The Morgan fingerprint density at radius 3 is 2.39 bits per heavy atom. The highest BCUT2D eigenvalue weighted by molar-refractivity contribution is 7.89. The summed E-state index contributed by atoms with van der Waals surface area (Å²) in [4.78, 5) is 14.9. The second kappa shape index (κ2) is 5.45. The molecule has 3 N–H and O–H groups in total. The van der Waals surface area contributed by atoms with Gasteiger partial charge in [0.2, 0.25) is 10.0 Å². The molecular weight excluding hydrogens is 256 g/mol. The minimum Gasteiger partial charge on any atom is -0.481 e. The summed E-state index contributed by atoms with van der Waals surface area (Å²) < 4.78 is 22.1. The van der Waals surface area contributed by atoms with Crippen LogP contribution in [0.1, 0.15) is 31.9 Å². The van der Waals surface area contributed by atoms with Crippen LogP contribution in [0.3, 0.4) is 0 Å². The quantitative estimate of drug-likeness (QED) is 0.828. The number of hydrogen-bond acceptors (Lipinski definition) is 4. The summed E-state index contributed by atoms with van der Waals surface area (Å²) >= 11 is 0. The zero-order chi connectivity index (χ0) is 13.9. The van der Waals surface area contributed by atoms with Gasteiger partial charge in [0.1, 0.15) is 4.90 Å². The first-order valence-corrected chi connectivity index (χ1v) is 6.98. The van der Waals surface area contributed by atoms with Crippen molar-refractivity contribution < 1.29 is 18.3 Å². The molecule has 0 spiro atoms. The van der Waals surface area contributed by atoms with E-state index in [1.165, 1.54) is 12.1 Å². The summed E-state index contributed by atoms with van der Waals surface area (Å²) in [5, 5.41) is 14.1. The first-order valence-electron chi connectivity index (χ1n) is 5.43. The molecule has 0 fully saturated rings. The van der Waals surface area contributed by atoms with Crippen LogP contribution in [0.4, 0.5) is 0 Å². The third-order valence-electron chi connectivity index (χ3n) is 2.45. The Labute approximate surface area is 106 Å². The SMILES string of the molecule is CC(C)CC(C(=O)O)c1ccc(S(N)(=O)=O)cn1. The maximum Gasteiger partial charge on any atom is 0.312 e. The van der Waals surface area contributed by atoms with Crippen LogP contribution in [-0.2, 0) is 14.8 Å². The lowest BCUT2D eigenvalue weighted by molar-refractivity contribution is -0.139. The normalized spacial score (nSPS) is 13.6. The van der Waals surface area contributed by atoms with Gasteiger partial charge in [-0.1, -0.05) is 13.8 Å². The van der Waals surface area contributed by atoms with Crippen molar-refractivity contribution in [2.24, 2.45) is 11.1 Å². The number of rotatable bonds is 5. The van der Waals surface area contributed by atoms with Crippen LogP contribution in [0.5, 0.6) is 0 Å². The standard InChI is InChI=1S/C11H16N2O4S/c1-7(2)5-9(11(14)15)10-4-3-8(6-13-10)18(12,16)17/h3-4,6-7,9H,5H2,1-2H3,(H,14,15)(H2,12,16,17). The van der Waals surface area contributed by atoms with E-state index >= 15 is 0 Å². The zero-order valence-electron chi connectivity index (χ0n) is 10.2. The maximum absolute atomic E-state index is 11.1. The van der Waals surface area contributed by atoms with E-state index < -0.39 is 21.9 Å². The molecule has 100 valence electrons. The Bertz CT molecular complexity index is 522. The van der Waals surface area contributed by atoms with Crippen LogP contribution in [0, 0.1) is 5.92 Å². The molecule has 0 saturated carbocycles. The number of nitrogens with zero attached hydrogens (tertiary/aromatic N) is 1. The average molecular weight is 272 g/mol. The molecule has 1 atom stereocenters. The number of aliphatic carboxylic acids is 1. The lowest BCUT2D eigenvalue weighted by Crippen LogP contribution is -2.17. The molecule has 1 unspecified atom stereocenters. The molecule has 1 aromatic rings. The second-order valence-corrected chi connectivity index (χ2v) is 6.05. The molecule has 0 saturated heterocycles. The molecule has 0 radical (unpaired) electrons. The molecule has 0 amide bonds. The zero-order valence-corrected chi connectivity index (χ0v) is 11.0. The number of pyridine rings is 1. The van der Waals surface area contributed by atoms with E-state index in [-0.39, 0.29) is 10.8 Å². The first kappa shape index (κ1) is 14.6. The van der Waals surface area contributed by atoms with Gasteiger partial charge in [0.05, 0.1) is 11.6 Å². The molecule has 6 nitrogen and oxygen atoms in total. The van der Waals surface area contributed by atoms with E-state index in [9.17, 15) is 13.2 Å². The highest BCUT2D eigenvalue weighted by atomic mass is 32.2. The van der Waals surface area contributed by atoms with Crippen molar-refractivity contribution in [3.63, 3.8) is 0 Å². The van der Waals surface area contributed by atoms with Crippen molar-refractivity contribution in [1.82, 2.24) is 4.98 Å². The van der Waals surface area contributed by atoms with Crippen molar-refractivity contribution in [1.29, 1.82) is 0 Å². The van der Waals surface area contributed by atoms with Crippen LogP contribution in [0.2, 0.25) is 0 Å². The third kappa shape index (κ3) is 3.78. The fourth-order valence-electron chi connectivity index (χ4n) is 1.59. The Balaban J connectivity index is 3.05. The Morgan fingerprint density at radius 2 is 2.06 bits per heavy atom. The largest absolute Gasteiger partial charge is 0.481 e. The average Bonchev–Trinajstić information content (AvgIpc) is 2.24. The van der Waals surface area contributed by atoms with E-state index in [1.54, 1.807) is 0 Å². The molecule has 1 rings (SSSR count).